The largest absolute Gasteiger partial charge is 0.468 e. The van der Waals surface area contributed by atoms with Crippen LogP contribution in [0.4, 0.5) is 0 Å². The third kappa shape index (κ3) is 2.84. The number of hydrogen-bond donors (Lipinski definition) is 1. The molecule has 0 spiro atoms. The minimum Gasteiger partial charge on any atom is -0.468 e. The Bertz CT molecular complexity index is 380. The van der Waals surface area contributed by atoms with E-state index in [1.807, 2.05) is 35.2 Å². The topological polar surface area (TPSA) is 49.8 Å². The Labute approximate surface area is 101 Å². The van der Waals surface area contributed by atoms with E-state index in [1.54, 1.807) is 0 Å². The average Bonchev–Trinajstić information content (AvgIpc) is 2.70. The fourth-order valence-corrected chi connectivity index (χ4v) is 2.25. The van der Waals surface area contributed by atoms with E-state index in [4.69, 9.17) is 4.74 Å². The lowest BCUT2D eigenvalue weighted by Gasteiger charge is -2.21. The Morgan fingerprint density at radius 2 is 2.18 bits per heavy atom. The number of rotatable bonds is 3. The van der Waals surface area contributed by atoms with E-state index in [0.29, 0.717) is 19.5 Å². The summed E-state index contributed by atoms with van der Waals surface area (Å²) in [5.41, 5.74) is 1.13. The quantitative estimate of drug-likeness (QED) is 0.787. The molecule has 0 saturated carbocycles. The monoisotopic (exact) mass is 235 g/mol. The summed E-state index contributed by atoms with van der Waals surface area (Å²) in [6, 6.07) is 9.59. The van der Waals surface area contributed by atoms with E-state index >= 15 is 0 Å². The van der Waals surface area contributed by atoms with Crippen molar-refractivity contribution in [1.29, 1.82) is 0 Å². The SMILES string of the molecule is COC(=O)[C@@H]1CC(O)CN1Cc1ccccc1. The van der Waals surface area contributed by atoms with Crippen LogP contribution in [0.15, 0.2) is 30.3 Å². The molecule has 1 aliphatic heterocycles. The first kappa shape index (κ1) is 12.1. The number of aliphatic hydroxyl groups is 1. The number of ether oxygens (including phenoxy) is 1. The molecular weight excluding hydrogens is 218 g/mol. The minimum absolute atomic E-state index is 0.266. The predicted octanol–water partition coefficient (Wildman–Crippen LogP) is 0.795. The molecule has 1 aromatic carbocycles. The number of benzene rings is 1. The molecule has 1 N–H and O–H groups in total. The third-order valence-electron chi connectivity index (χ3n) is 3.08. The molecule has 1 aliphatic rings. The van der Waals surface area contributed by atoms with E-state index in [0.717, 1.165) is 5.56 Å². The van der Waals surface area contributed by atoms with Gasteiger partial charge >= 0.3 is 5.97 Å². The van der Waals surface area contributed by atoms with Gasteiger partial charge in [0.25, 0.3) is 0 Å². The van der Waals surface area contributed by atoms with Crippen LogP contribution in [0.1, 0.15) is 12.0 Å². The van der Waals surface area contributed by atoms with Crippen molar-refractivity contribution in [1.82, 2.24) is 4.90 Å². The van der Waals surface area contributed by atoms with Crippen molar-refractivity contribution in [2.24, 2.45) is 0 Å². The number of nitrogens with zero attached hydrogens (tertiary/aromatic N) is 1. The minimum atomic E-state index is -0.442. The fourth-order valence-electron chi connectivity index (χ4n) is 2.25. The number of methoxy groups -OCH3 is 1. The van der Waals surface area contributed by atoms with Gasteiger partial charge < -0.3 is 9.84 Å². The van der Waals surface area contributed by atoms with Gasteiger partial charge in [0.2, 0.25) is 0 Å². The van der Waals surface area contributed by atoms with Crippen LogP contribution < -0.4 is 0 Å². The molecule has 2 atom stereocenters. The van der Waals surface area contributed by atoms with Crippen LogP contribution in [0, 0.1) is 0 Å². The molecule has 0 aromatic heterocycles. The normalized spacial score (nSPS) is 24.8. The molecule has 4 nitrogen and oxygen atoms in total. The van der Waals surface area contributed by atoms with E-state index in [2.05, 4.69) is 0 Å². The van der Waals surface area contributed by atoms with Crippen LogP contribution in [0.25, 0.3) is 0 Å². The number of hydrogen-bond acceptors (Lipinski definition) is 4. The van der Waals surface area contributed by atoms with E-state index in [-0.39, 0.29) is 12.0 Å². The average molecular weight is 235 g/mol. The second kappa shape index (κ2) is 5.29. The summed E-state index contributed by atoms with van der Waals surface area (Å²) in [6.07, 6.45) is 0.0160. The van der Waals surface area contributed by atoms with E-state index < -0.39 is 6.10 Å². The maximum absolute atomic E-state index is 11.6. The van der Waals surface area contributed by atoms with Gasteiger partial charge in [-0.2, -0.15) is 0 Å². The Morgan fingerprint density at radius 3 is 2.82 bits per heavy atom. The standard InChI is InChI=1S/C13H17NO3/c1-17-13(16)12-7-11(15)9-14(12)8-10-5-3-2-4-6-10/h2-6,11-12,15H,7-9H2,1H3/t11?,12-/m0/s1. The van der Waals surface area contributed by atoms with Gasteiger partial charge in [0.15, 0.2) is 0 Å². The Kier molecular flexibility index (Phi) is 3.76. The van der Waals surface area contributed by atoms with Gasteiger partial charge in [0.1, 0.15) is 6.04 Å². The molecule has 92 valence electrons. The van der Waals surface area contributed by atoms with Gasteiger partial charge in [0.05, 0.1) is 13.2 Å². The lowest BCUT2D eigenvalue weighted by molar-refractivity contribution is -0.146. The first-order chi connectivity index (χ1) is 8.20. The zero-order valence-electron chi connectivity index (χ0n) is 9.87. The number of likely N-dealkylation sites (tertiary alicyclic amines) is 1. The van der Waals surface area contributed by atoms with E-state index in [9.17, 15) is 9.90 Å². The highest BCUT2D eigenvalue weighted by Crippen LogP contribution is 2.21. The number of carbonyl (C=O) groups is 1. The molecular formula is C13H17NO3. The molecule has 17 heavy (non-hydrogen) atoms. The first-order valence-electron chi connectivity index (χ1n) is 5.74. The highest BCUT2D eigenvalue weighted by atomic mass is 16.5. The predicted molar refractivity (Wildman–Crippen MR) is 63.3 cm³/mol. The molecule has 1 unspecified atom stereocenters. The second-order valence-corrected chi connectivity index (χ2v) is 4.34. The van der Waals surface area contributed by atoms with Crippen molar-refractivity contribution in [3.63, 3.8) is 0 Å². The first-order valence-corrected chi connectivity index (χ1v) is 5.74. The maximum Gasteiger partial charge on any atom is 0.323 e. The number of carbonyl (C=O) groups excluding carboxylic acids is 1. The summed E-state index contributed by atoms with van der Waals surface area (Å²) < 4.78 is 4.76. The molecule has 1 aromatic rings. The number of aliphatic hydroxyl groups excluding tert-OH is 1. The number of β-amino-alcohol motifs (C(OH)–C–C–N with tert-alkyl or cyclic N) is 1. The van der Waals surface area contributed by atoms with Gasteiger partial charge in [-0.1, -0.05) is 30.3 Å². The lowest BCUT2D eigenvalue weighted by atomic mass is 10.2. The Balaban J connectivity index is 2.06. The van der Waals surface area contributed by atoms with Gasteiger partial charge in [0, 0.05) is 19.5 Å². The summed E-state index contributed by atoms with van der Waals surface area (Å²) in [6.45, 7) is 1.19. The zero-order chi connectivity index (χ0) is 12.3. The summed E-state index contributed by atoms with van der Waals surface area (Å²) in [5, 5.41) is 9.64. The van der Waals surface area contributed by atoms with E-state index in [1.165, 1.54) is 7.11 Å². The van der Waals surface area contributed by atoms with Crippen molar-refractivity contribution in [3.8, 4) is 0 Å². The number of esters is 1. The summed E-state index contributed by atoms with van der Waals surface area (Å²) >= 11 is 0. The van der Waals surface area contributed by atoms with Crippen LogP contribution in [0.2, 0.25) is 0 Å². The molecule has 1 saturated heterocycles. The summed E-state index contributed by atoms with van der Waals surface area (Å²) in [5.74, 6) is -0.266. The summed E-state index contributed by atoms with van der Waals surface area (Å²) in [7, 11) is 1.38. The lowest BCUT2D eigenvalue weighted by Crippen LogP contribution is -2.36. The summed E-state index contributed by atoms with van der Waals surface area (Å²) in [4.78, 5) is 13.5. The third-order valence-corrected chi connectivity index (χ3v) is 3.08. The van der Waals surface area contributed by atoms with Crippen molar-refractivity contribution in [3.05, 3.63) is 35.9 Å². The van der Waals surface area contributed by atoms with Gasteiger partial charge in [-0.15, -0.1) is 0 Å². The fraction of sp³-hybridized carbons (Fsp3) is 0.462. The van der Waals surface area contributed by atoms with Crippen LogP contribution in [-0.4, -0.2) is 41.8 Å². The van der Waals surface area contributed by atoms with Crippen molar-refractivity contribution in [2.75, 3.05) is 13.7 Å². The smallest absolute Gasteiger partial charge is 0.323 e. The van der Waals surface area contributed by atoms with Crippen molar-refractivity contribution >= 4 is 5.97 Å². The Morgan fingerprint density at radius 1 is 1.47 bits per heavy atom. The Hall–Kier alpha value is -1.39. The van der Waals surface area contributed by atoms with Crippen LogP contribution in [0.3, 0.4) is 0 Å². The highest BCUT2D eigenvalue weighted by Gasteiger charge is 2.36. The highest BCUT2D eigenvalue weighted by molar-refractivity contribution is 5.76. The van der Waals surface area contributed by atoms with Gasteiger partial charge in [-0.25, -0.2) is 0 Å². The molecule has 0 bridgehead atoms. The molecule has 1 heterocycles. The molecule has 0 radical (unpaired) electrons. The van der Waals surface area contributed by atoms with Crippen molar-refractivity contribution in [2.45, 2.75) is 25.1 Å². The molecule has 4 heteroatoms. The van der Waals surface area contributed by atoms with Crippen LogP contribution >= 0.6 is 0 Å². The molecule has 0 amide bonds. The van der Waals surface area contributed by atoms with Crippen LogP contribution in [-0.2, 0) is 16.1 Å². The molecule has 1 fully saturated rings. The van der Waals surface area contributed by atoms with Crippen molar-refractivity contribution < 1.29 is 14.6 Å². The molecule has 2 rings (SSSR count). The second-order valence-electron chi connectivity index (χ2n) is 4.34. The maximum atomic E-state index is 11.6. The zero-order valence-corrected chi connectivity index (χ0v) is 9.87. The molecule has 0 aliphatic carbocycles. The van der Waals surface area contributed by atoms with Gasteiger partial charge in [-0.05, 0) is 5.56 Å². The van der Waals surface area contributed by atoms with Crippen LogP contribution in [0.5, 0.6) is 0 Å². The van der Waals surface area contributed by atoms with Gasteiger partial charge in [-0.3, -0.25) is 9.69 Å².